The second-order valence-electron chi connectivity index (χ2n) is 5.94. The van der Waals surface area contributed by atoms with Crippen LogP contribution in [0.5, 0.6) is 0 Å². The van der Waals surface area contributed by atoms with E-state index < -0.39 is 5.91 Å². The van der Waals surface area contributed by atoms with Gasteiger partial charge in [0.15, 0.2) is 0 Å². The van der Waals surface area contributed by atoms with E-state index in [2.05, 4.69) is 10.2 Å². The fraction of sp³-hybridized carbons (Fsp3) is 0.353. The molecule has 0 unspecified atom stereocenters. The lowest BCUT2D eigenvalue weighted by atomic mass is 10.2. The summed E-state index contributed by atoms with van der Waals surface area (Å²) in [5.74, 6) is -0.616. The van der Waals surface area contributed by atoms with Crippen molar-refractivity contribution in [2.45, 2.75) is 6.42 Å². The number of carbonyl (C=O) groups is 3. The number of thiophene rings is 2. The molecule has 26 heavy (non-hydrogen) atoms. The number of hydrogen-bond donors (Lipinski definition) is 2. The Kier molecular flexibility index (Phi) is 6.02. The Hall–Kier alpha value is -2.23. The van der Waals surface area contributed by atoms with Gasteiger partial charge in [0.2, 0.25) is 5.91 Å². The molecular formula is C17H20N4O3S2. The first-order valence-electron chi connectivity index (χ1n) is 8.27. The molecule has 9 heteroatoms. The van der Waals surface area contributed by atoms with Crippen LogP contribution >= 0.6 is 22.7 Å². The largest absolute Gasteiger partial charge is 0.366 e. The summed E-state index contributed by atoms with van der Waals surface area (Å²) in [6, 6.07) is 5.32. The van der Waals surface area contributed by atoms with Crippen LogP contribution in [0.1, 0.15) is 26.5 Å². The number of primary amides is 1. The van der Waals surface area contributed by atoms with Crippen molar-refractivity contribution in [3.8, 4) is 0 Å². The summed E-state index contributed by atoms with van der Waals surface area (Å²) in [6.45, 7) is 3.43. The standard InChI is InChI=1S/C17H20N4O3S2/c18-15(23)12-4-11-26-16(12)19-14(22)3-5-20-6-8-21(9-7-20)17(24)13-2-1-10-25-13/h1-2,4,10-11H,3,5-9H2,(H2,18,23)(H,19,22). The molecule has 1 fully saturated rings. The summed E-state index contributed by atoms with van der Waals surface area (Å²) in [7, 11) is 0. The van der Waals surface area contributed by atoms with Crippen molar-refractivity contribution in [1.82, 2.24) is 9.80 Å². The first-order chi connectivity index (χ1) is 12.5. The topological polar surface area (TPSA) is 95.7 Å². The number of rotatable bonds is 6. The van der Waals surface area contributed by atoms with E-state index in [1.165, 1.54) is 22.7 Å². The van der Waals surface area contributed by atoms with Gasteiger partial charge in [-0.05, 0) is 22.9 Å². The zero-order chi connectivity index (χ0) is 18.5. The predicted octanol–water partition coefficient (Wildman–Crippen LogP) is 1.70. The number of anilines is 1. The maximum atomic E-state index is 12.3. The molecule has 0 radical (unpaired) electrons. The van der Waals surface area contributed by atoms with E-state index in [0.717, 1.165) is 18.0 Å². The van der Waals surface area contributed by atoms with Gasteiger partial charge in [-0.15, -0.1) is 22.7 Å². The SMILES string of the molecule is NC(=O)c1ccsc1NC(=O)CCN1CCN(C(=O)c2cccs2)CC1. The zero-order valence-electron chi connectivity index (χ0n) is 14.1. The Labute approximate surface area is 159 Å². The van der Waals surface area contributed by atoms with Crippen LogP contribution in [-0.2, 0) is 4.79 Å². The quantitative estimate of drug-likeness (QED) is 0.782. The highest BCUT2D eigenvalue weighted by atomic mass is 32.1. The lowest BCUT2D eigenvalue weighted by Gasteiger charge is -2.34. The molecule has 138 valence electrons. The van der Waals surface area contributed by atoms with E-state index in [-0.39, 0.29) is 11.8 Å². The highest BCUT2D eigenvalue weighted by molar-refractivity contribution is 7.14. The third kappa shape index (κ3) is 4.48. The van der Waals surface area contributed by atoms with Crippen molar-refractivity contribution in [2.24, 2.45) is 5.73 Å². The van der Waals surface area contributed by atoms with E-state index >= 15 is 0 Å². The van der Waals surface area contributed by atoms with Gasteiger partial charge in [-0.25, -0.2) is 0 Å². The number of amides is 3. The molecule has 3 N–H and O–H groups in total. The van der Waals surface area contributed by atoms with Crippen molar-refractivity contribution in [3.63, 3.8) is 0 Å². The average Bonchev–Trinajstić information content (AvgIpc) is 3.31. The Morgan fingerprint density at radius 2 is 1.85 bits per heavy atom. The maximum Gasteiger partial charge on any atom is 0.264 e. The predicted molar refractivity (Wildman–Crippen MR) is 103 cm³/mol. The molecule has 1 saturated heterocycles. The number of hydrogen-bond acceptors (Lipinski definition) is 6. The molecule has 1 aliphatic rings. The monoisotopic (exact) mass is 392 g/mol. The smallest absolute Gasteiger partial charge is 0.264 e. The molecule has 0 saturated carbocycles. The number of nitrogens with one attached hydrogen (secondary N) is 1. The fourth-order valence-electron chi connectivity index (χ4n) is 2.78. The van der Waals surface area contributed by atoms with Crippen LogP contribution in [-0.4, -0.2) is 60.2 Å². The fourth-order valence-corrected chi connectivity index (χ4v) is 4.28. The molecule has 3 rings (SSSR count). The van der Waals surface area contributed by atoms with Gasteiger partial charge in [0, 0.05) is 39.1 Å². The van der Waals surface area contributed by atoms with Crippen LogP contribution in [0, 0.1) is 0 Å². The average molecular weight is 393 g/mol. The highest BCUT2D eigenvalue weighted by Crippen LogP contribution is 2.22. The lowest BCUT2D eigenvalue weighted by molar-refractivity contribution is -0.116. The molecule has 3 amide bonds. The first-order valence-corrected chi connectivity index (χ1v) is 10.0. The molecule has 2 aromatic heterocycles. The van der Waals surface area contributed by atoms with Gasteiger partial charge in [0.05, 0.1) is 10.4 Å². The van der Waals surface area contributed by atoms with Crippen LogP contribution in [0.25, 0.3) is 0 Å². The second-order valence-corrected chi connectivity index (χ2v) is 7.80. The molecule has 0 spiro atoms. The minimum absolute atomic E-state index is 0.0778. The van der Waals surface area contributed by atoms with E-state index in [9.17, 15) is 14.4 Å². The van der Waals surface area contributed by atoms with Gasteiger partial charge in [0.1, 0.15) is 5.00 Å². The summed E-state index contributed by atoms with van der Waals surface area (Å²) in [4.78, 5) is 40.5. The molecule has 3 heterocycles. The Balaban J connectivity index is 1.42. The summed E-state index contributed by atoms with van der Waals surface area (Å²) < 4.78 is 0. The minimum atomic E-state index is -0.548. The number of nitrogens with two attached hydrogens (primary N) is 1. The minimum Gasteiger partial charge on any atom is -0.366 e. The van der Waals surface area contributed by atoms with Crippen LogP contribution in [0.15, 0.2) is 29.0 Å². The number of nitrogens with zero attached hydrogens (tertiary/aromatic N) is 2. The van der Waals surface area contributed by atoms with E-state index in [0.29, 0.717) is 36.6 Å². The van der Waals surface area contributed by atoms with Crippen LogP contribution in [0.3, 0.4) is 0 Å². The number of carbonyl (C=O) groups excluding carboxylic acids is 3. The number of piperazine rings is 1. The molecular weight excluding hydrogens is 372 g/mol. The molecule has 0 atom stereocenters. The third-order valence-corrected chi connectivity index (χ3v) is 5.92. The zero-order valence-corrected chi connectivity index (χ0v) is 15.8. The van der Waals surface area contributed by atoms with Gasteiger partial charge in [-0.1, -0.05) is 6.07 Å². The summed E-state index contributed by atoms with van der Waals surface area (Å²) in [5.41, 5.74) is 5.61. The van der Waals surface area contributed by atoms with Crippen LogP contribution < -0.4 is 11.1 Å². The highest BCUT2D eigenvalue weighted by Gasteiger charge is 2.23. The molecule has 2 aromatic rings. The van der Waals surface area contributed by atoms with Gasteiger partial charge < -0.3 is 16.0 Å². The van der Waals surface area contributed by atoms with Crippen LogP contribution in [0.2, 0.25) is 0 Å². The van der Waals surface area contributed by atoms with Gasteiger partial charge in [0.25, 0.3) is 11.8 Å². The normalized spacial score (nSPS) is 15.0. The van der Waals surface area contributed by atoms with Crippen molar-refractivity contribution < 1.29 is 14.4 Å². The Bertz CT molecular complexity index is 780. The van der Waals surface area contributed by atoms with Crippen molar-refractivity contribution in [1.29, 1.82) is 0 Å². The van der Waals surface area contributed by atoms with E-state index in [4.69, 9.17) is 5.73 Å². The Morgan fingerprint density at radius 1 is 1.08 bits per heavy atom. The van der Waals surface area contributed by atoms with Crippen molar-refractivity contribution >= 4 is 45.4 Å². The maximum absolute atomic E-state index is 12.3. The summed E-state index contributed by atoms with van der Waals surface area (Å²) in [5, 5.41) is 6.86. The first kappa shape index (κ1) is 18.6. The molecule has 0 bridgehead atoms. The summed E-state index contributed by atoms with van der Waals surface area (Å²) in [6.07, 6.45) is 0.328. The van der Waals surface area contributed by atoms with Gasteiger partial charge in [-0.3, -0.25) is 19.3 Å². The Morgan fingerprint density at radius 3 is 2.50 bits per heavy atom. The van der Waals surface area contributed by atoms with Crippen molar-refractivity contribution in [3.05, 3.63) is 39.4 Å². The van der Waals surface area contributed by atoms with Gasteiger partial charge >= 0.3 is 0 Å². The molecule has 7 nitrogen and oxygen atoms in total. The summed E-state index contributed by atoms with van der Waals surface area (Å²) >= 11 is 2.73. The van der Waals surface area contributed by atoms with Crippen LogP contribution in [0.4, 0.5) is 5.00 Å². The van der Waals surface area contributed by atoms with Crippen molar-refractivity contribution in [2.75, 3.05) is 38.0 Å². The van der Waals surface area contributed by atoms with E-state index in [1.807, 2.05) is 22.4 Å². The molecule has 0 aromatic carbocycles. The van der Waals surface area contributed by atoms with E-state index in [1.54, 1.807) is 11.4 Å². The molecule has 0 aliphatic carbocycles. The van der Waals surface area contributed by atoms with Gasteiger partial charge in [-0.2, -0.15) is 0 Å². The second kappa shape index (κ2) is 8.43. The molecule has 1 aliphatic heterocycles. The lowest BCUT2D eigenvalue weighted by Crippen LogP contribution is -2.49. The third-order valence-electron chi connectivity index (χ3n) is 4.23.